The zero-order chi connectivity index (χ0) is 27.1. The van der Waals surface area contributed by atoms with E-state index in [9.17, 15) is 18.0 Å². The van der Waals surface area contributed by atoms with Gasteiger partial charge in [0.05, 0.1) is 28.9 Å². The Morgan fingerprint density at radius 1 is 0.895 bits per heavy atom. The third-order valence-electron chi connectivity index (χ3n) is 6.58. The summed E-state index contributed by atoms with van der Waals surface area (Å²) in [5.41, 5.74) is 2.07. The maximum Gasteiger partial charge on any atom is 0.264 e. The average Bonchev–Trinajstić information content (AvgIpc) is 3.22. The van der Waals surface area contributed by atoms with Crippen LogP contribution in [0.2, 0.25) is 0 Å². The van der Waals surface area contributed by atoms with E-state index in [1.54, 1.807) is 60.7 Å². The first-order valence-corrected chi connectivity index (χ1v) is 14.2. The largest absolute Gasteiger partial charge is 0.497 e. The van der Waals surface area contributed by atoms with Gasteiger partial charge in [0.1, 0.15) is 12.3 Å². The van der Waals surface area contributed by atoms with Crippen LogP contribution in [0.1, 0.15) is 41.6 Å². The Labute approximate surface area is 224 Å². The number of aryl methyl sites for hydroxylation is 1. The molecule has 0 aromatic heterocycles. The number of rotatable bonds is 8. The Morgan fingerprint density at radius 2 is 1.53 bits per heavy atom. The highest BCUT2D eigenvalue weighted by Crippen LogP contribution is 2.26. The number of hydrogen-bond donors (Lipinski definition) is 1. The van der Waals surface area contributed by atoms with Crippen molar-refractivity contribution in [2.45, 2.75) is 37.5 Å². The van der Waals surface area contributed by atoms with Crippen molar-refractivity contribution >= 4 is 33.2 Å². The fraction of sp³-hybridized carbons (Fsp3) is 0.310. The quantitative estimate of drug-likeness (QED) is 0.445. The van der Waals surface area contributed by atoms with Crippen molar-refractivity contribution in [1.82, 2.24) is 4.90 Å². The van der Waals surface area contributed by atoms with Gasteiger partial charge in [-0.1, -0.05) is 42.7 Å². The van der Waals surface area contributed by atoms with Crippen LogP contribution in [0.15, 0.2) is 77.7 Å². The maximum absolute atomic E-state index is 13.7. The summed E-state index contributed by atoms with van der Waals surface area (Å²) in [5.74, 6) is -0.169. The Morgan fingerprint density at radius 3 is 2.16 bits per heavy atom. The molecule has 200 valence electrons. The van der Waals surface area contributed by atoms with Crippen molar-refractivity contribution < 1.29 is 22.7 Å². The Bertz CT molecular complexity index is 1360. The van der Waals surface area contributed by atoms with Crippen molar-refractivity contribution in [3.63, 3.8) is 0 Å². The number of anilines is 2. The SMILES string of the molecule is COc1ccc(S(=O)(=O)N(CC(=O)Nc2ccccc2C(=O)N2CCCCCC2)c2ccc(C)cc2)cc1. The molecule has 0 radical (unpaired) electrons. The topological polar surface area (TPSA) is 96.0 Å². The van der Waals surface area contributed by atoms with Crippen LogP contribution in [-0.2, 0) is 14.8 Å². The summed E-state index contributed by atoms with van der Waals surface area (Å²) in [6.45, 7) is 2.80. The first kappa shape index (κ1) is 27.2. The summed E-state index contributed by atoms with van der Waals surface area (Å²) in [4.78, 5) is 28.4. The number of nitrogens with one attached hydrogen (secondary N) is 1. The molecule has 1 heterocycles. The van der Waals surface area contributed by atoms with Crippen molar-refractivity contribution in [3.05, 3.63) is 83.9 Å². The molecule has 9 heteroatoms. The van der Waals surface area contributed by atoms with Gasteiger partial charge in [-0.25, -0.2) is 8.42 Å². The van der Waals surface area contributed by atoms with E-state index in [1.807, 2.05) is 11.8 Å². The molecule has 1 fully saturated rings. The fourth-order valence-electron chi connectivity index (χ4n) is 4.44. The van der Waals surface area contributed by atoms with Crippen molar-refractivity contribution in [1.29, 1.82) is 0 Å². The van der Waals surface area contributed by atoms with Crippen molar-refractivity contribution in [2.24, 2.45) is 0 Å². The third kappa shape index (κ3) is 6.34. The molecule has 1 aliphatic heterocycles. The van der Waals surface area contributed by atoms with E-state index in [0.29, 0.717) is 35.8 Å². The monoisotopic (exact) mass is 535 g/mol. The first-order valence-electron chi connectivity index (χ1n) is 12.7. The second-order valence-corrected chi connectivity index (χ2v) is 11.2. The lowest BCUT2D eigenvalue weighted by molar-refractivity contribution is -0.114. The van der Waals surface area contributed by atoms with E-state index in [1.165, 1.54) is 19.2 Å². The number of benzene rings is 3. The molecule has 3 aromatic carbocycles. The molecule has 4 rings (SSSR count). The van der Waals surface area contributed by atoms with Gasteiger partial charge in [0.15, 0.2) is 0 Å². The zero-order valence-corrected chi connectivity index (χ0v) is 22.5. The van der Waals surface area contributed by atoms with Gasteiger partial charge in [-0.2, -0.15) is 0 Å². The molecule has 2 amide bonds. The number of likely N-dealkylation sites (tertiary alicyclic amines) is 1. The normalized spacial score (nSPS) is 13.9. The van der Waals surface area contributed by atoms with Gasteiger partial charge in [0.25, 0.3) is 15.9 Å². The van der Waals surface area contributed by atoms with Crippen LogP contribution >= 0.6 is 0 Å². The lowest BCUT2D eigenvalue weighted by Crippen LogP contribution is -2.38. The number of ether oxygens (including phenoxy) is 1. The van der Waals surface area contributed by atoms with Crippen LogP contribution < -0.4 is 14.4 Å². The van der Waals surface area contributed by atoms with Gasteiger partial charge in [-0.05, 0) is 68.3 Å². The van der Waals surface area contributed by atoms with E-state index >= 15 is 0 Å². The van der Waals surface area contributed by atoms with Gasteiger partial charge in [-0.3, -0.25) is 13.9 Å². The smallest absolute Gasteiger partial charge is 0.264 e. The van der Waals surface area contributed by atoms with Gasteiger partial charge in [0, 0.05) is 13.1 Å². The zero-order valence-electron chi connectivity index (χ0n) is 21.7. The van der Waals surface area contributed by atoms with Crippen LogP contribution in [0.5, 0.6) is 5.75 Å². The number of sulfonamides is 1. The minimum absolute atomic E-state index is 0.0309. The van der Waals surface area contributed by atoms with Crippen molar-refractivity contribution in [3.8, 4) is 5.75 Å². The summed E-state index contributed by atoms with van der Waals surface area (Å²) in [6, 6.07) is 19.8. The predicted molar refractivity (Wildman–Crippen MR) is 148 cm³/mol. The Hall–Kier alpha value is -3.85. The summed E-state index contributed by atoms with van der Waals surface area (Å²) in [5, 5.41) is 2.79. The molecule has 3 aromatic rings. The number of hydrogen-bond acceptors (Lipinski definition) is 5. The van der Waals surface area contributed by atoms with Crippen LogP contribution in [0, 0.1) is 6.92 Å². The molecule has 8 nitrogen and oxygen atoms in total. The van der Waals surface area contributed by atoms with Gasteiger partial charge >= 0.3 is 0 Å². The van der Waals surface area contributed by atoms with Crippen LogP contribution in [0.4, 0.5) is 11.4 Å². The lowest BCUT2D eigenvalue weighted by Gasteiger charge is -2.25. The molecule has 0 spiro atoms. The molecule has 0 atom stereocenters. The summed E-state index contributed by atoms with van der Waals surface area (Å²) in [7, 11) is -2.58. The third-order valence-corrected chi connectivity index (χ3v) is 8.37. The first-order chi connectivity index (χ1) is 18.3. The van der Waals surface area contributed by atoms with Crippen LogP contribution in [0.3, 0.4) is 0 Å². The molecular weight excluding hydrogens is 502 g/mol. The van der Waals surface area contributed by atoms with E-state index in [-0.39, 0.29) is 10.8 Å². The standard InChI is InChI=1S/C29H33N3O5S/c1-22-11-13-23(14-12-22)32(38(35,36)25-17-15-24(37-2)16-18-25)21-28(33)30-27-10-6-5-9-26(27)29(34)31-19-7-3-4-8-20-31/h5-6,9-18H,3-4,7-8,19-21H2,1-2H3,(H,30,33). The number of carbonyl (C=O) groups is 2. The molecule has 1 aliphatic rings. The number of para-hydroxylation sites is 1. The molecule has 0 unspecified atom stereocenters. The van der Waals surface area contributed by atoms with Crippen LogP contribution in [0.25, 0.3) is 0 Å². The van der Waals surface area contributed by atoms with E-state index in [2.05, 4.69) is 5.32 Å². The fourth-order valence-corrected chi connectivity index (χ4v) is 5.86. The van der Waals surface area contributed by atoms with Crippen molar-refractivity contribution in [2.75, 3.05) is 36.4 Å². The second-order valence-electron chi connectivity index (χ2n) is 9.32. The molecule has 1 N–H and O–H groups in total. The van der Waals surface area contributed by atoms with E-state index in [0.717, 1.165) is 35.6 Å². The molecule has 0 bridgehead atoms. The summed E-state index contributed by atoms with van der Waals surface area (Å²) in [6.07, 6.45) is 4.10. The molecule has 0 aliphatic carbocycles. The maximum atomic E-state index is 13.7. The number of amides is 2. The highest BCUT2D eigenvalue weighted by atomic mass is 32.2. The van der Waals surface area contributed by atoms with Crippen LogP contribution in [-0.4, -0.2) is 51.9 Å². The highest BCUT2D eigenvalue weighted by molar-refractivity contribution is 7.92. The van der Waals surface area contributed by atoms with E-state index in [4.69, 9.17) is 4.74 Å². The number of nitrogens with zero attached hydrogens (tertiary/aromatic N) is 2. The Kier molecular flexibility index (Phi) is 8.68. The average molecular weight is 536 g/mol. The predicted octanol–water partition coefficient (Wildman–Crippen LogP) is 4.85. The number of carbonyl (C=O) groups excluding carboxylic acids is 2. The van der Waals surface area contributed by atoms with Gasteiger partial charge in [0.2, 0.25) is 5.91 Å². The van der Waals surface area contributed by atoms with Gasteiger partial charge < -0.3 is 15.0 Å². The number of methoxy groups -OCH3 is 1. The summed E-state index contributed by atoms with van der Waals surface area (Å²) >= 11 is 0. The molecule has 1 saturated heterocycles. The second kappa shape index (κ2) is 12.1. The molecular formula is C29H33N3O5S. The van der Waals surface area contributed by atoms with E-state index < -0.39 is 22.5 Å². The minimum atomic E-state index is -4.09. The minimum Gasteiger partial charge on any atom is -0.497 e. The molecule has 38 heavy (non-hydrogen) atoms. The molecule has 0 saturated carbocycles. The summed E-state index contributed by atoms with van der Waals surface area (Å²) < 4.78 is 33.5. The Balaban J connectivity index is 1.60. The van der Waals surface area contributed by atoms with Gasteiger partial charge in [-0.15, -0.1) is 0 Å². The highest BCUT2D eigenvalue weighted by Gasteiger charge is 2.28. The lowest BCUT2D eigenvalue weighted by atomic mass is 10.1.